The fraction of sp³-hybridized carbons (Fsp3) is 0.231. The molecule has 2 heterocycles. The van der Waals surface area contributed by atoms with Gasteiger partial charge in [0.1, 0.15) is 19.0 Å². The molecule has 19 heavy (non-hydrogen) atoms. The maximum absolute atomic E-state index is 5.72. The highest BCUT2D eigenvalue weighted by atomic mass is 35.5. The van der Waals surface area contributed by atoms with Gasteiger partial charge in [0.15, 0.2) is 11.5 Å². The summed E-state index contributed by atoms with van der Waals surface area (Å²) < 4.78 is 11.0. The zero-order valence-corrected chi connectivity index (χ0v) is 10.9. The molecule has 6 heteroatoms. The van der Waals surface area contributed by atoms with Crippen molar-refractivity contribution in [3.8, 4) is 11.5 Å². The highest BCUT2D eigenvalue weighted by molar-refractivity contribution is 6.28. The number of nitrogens with one attached hydrogen (secondary N) is 1. The van der Waals surface area contributed by atoms with Gasteiger partial charge in [0.2, 0.25) is 5.28 Å². The standard InChI is InChI=1S/C13H12ClN3O2/c14-13-15-4-3-12(17-13)16-8-9-1-2-10-11(7-9)19-6-5-18-10/h1-4,7H,5-6,8H2,(H,15,16,17). The molecule has 0 aliphatic carbocycles. The third kappa shape index (κ3) is 2.88. The second-order valence-electron chi connectivity index (χ2n) is 4.04. The average molecular weight is 278 g/mol. The predicted molar refractivity (Wildman–Crippen MR) is 71.8 cm³/mol. The second-order valence-corrected chi connectivity index (χ2v) is 4.38. The molecule has 0 saturated heterocycles. The minimum atomic E-state index is 0.229. The fourth-order valence-electron chi connectivity index (χ4n) is 1.82. The topological polar surface area (TPSA) is 56.3 Å². The molecule has 0 radical (unpaired) electrons. The first kappa shape index (κ1) is 12.0. The molecule has 1 aliphatic rings. The Hall–Kier alpha value is -2.01. The number of nitrogens with zero attached hydrogens (tertiary/aromatic N) is 2. The van der Waals surface area contributed by atoms with Gasteiger partial charge in [-0.15, -0.1) is 0 Å². The molecule has 5 nitrogen and oxygen atoms in total. The average Bonchev–Trinajstić information content (AvgIpc) is 2.45. The number of fused-ring (bicyclic) bond motifs is 1. The van der Waals surface area contributed by atoms with Crippen LogP contribution in [0.4, 0.5) is 5.82 Å². The van der Waals surface area contributed by atoms with Gasteiger partial charge in [0.25, 0.3) is 0 Å². The lowest BCUT2D eigenvalue weighted by molar-refractivity contribution is 0.171. The summed E-state index contributed by atoms with van der Waals surface area (Å²) in [4.78, 5) is 7.89. The predicted octanol–water partition coefficient (Wildman–Crippen LogP) is 2.51. The van der Waals surface area contributed by atoms with Gasteiger partial charge in [-0.05, 0) is 35.4 Å². The van der Waals surface area contributed by atoms with Gasteiger partial charge in [-0.1, -0.05) is 6.07 Å². The first-order chi connectivity index (χ1) is 9.31. The first-order valence-corrected chi connectivity index (χ1v) is 6.30. The van der Waals surface area contributed by atoms with Crippen LogP contribution in [0, 0.1) is 0 Å². The molecule has 0 saturated carbocycles. The van der Waals surface area contributed by atoms with E-state index in [9.17, 15) is 0 Å². The Morgan fingerprint density at radius 3 is 2.84 bits per heavy atom. The van der Waals surface area contributed by atoms with Gasteiger partial charge in [-0.25, -0.2) is 9.97 Å². The summed E-state index contributed by atoms with van der Waals surface area (Å²) >= 11 is 5.72. The van der Waals surface area contributed by atoms with Gasteiger partial charge in [0.05, 0.1) is 0 Å². The van der Waals surface area contributed by atoms with Crippen LogP contribution in [0.5, 0.6) is 11.5 Å². The largest absolute Gasteiger partial charge is 0.486 e. The molecule has 1 aromatic heterocycles. The van der Waals surface area contributed by atoms with E-state index in [4.69, 9.17) is 21.1 Å². The van der Waals surface area contributed by atoms with E-state index < -0.39 is 0 Å². The van der Waals surface area contributed by atoms with E-state index >= 15 is 0 Å². The Balaban J connectivity index is 1.70. The van der Waals surface area contributed by atoms with Crippen molar-refractivity contribution < 1.29 is 9.47 Å². The van der Waals surface area contributed by atoms with Crippen molar-refractivity contribution in [3.05, 3.63) is 41.3 Å². The van der Waals surface area contributed by atoms with Crippen molar-refractivity contribution in [2.75, 3.05) is 18.5 Å². The highest BCUT2D eigenvalue weighted by Crippen LogP contribution is 2.30. The lowest BCUT2D eigenvalue weighted by Gasteiger charge is -2.19. The maximum Gasteiger partial charge on any atom is 0.224 e. The minimum Gasteiger partial charge on any atom is -0.486 e. The summed E-state index contributed by atoms with van der Waals surface area (Å²) in [5.41, 5.74) is 1.08. The molecular weight excluding hydrogens is 266 g/mol. The van der Waals surface area contributed by atoms with Crippen LogP contribution in [0.1, 0.15) is 5.56 Å². The van der Waals surface area contributed by atoms with E-state index in [-0.39, 0.29) is 5.28 Å². The number of rotatable bonds is 3. The Morgan fingerprint density at radius 1 is 1.16 bits per heavy atom. The summed E-state index contributed by atoms with van der Waals surface area (Å²) in [6.45, 7) is 1.82. The zero-order chi connectivity index (χ0) is 13.1. The van der Waals surface area contributed by atoms with E-state index in [1.165, 1.54) is 0 Å². The van der Waals surface area contributed by atoms with E-state index in [0.29, 0.717) is 25.6 Å². The molecule has 0 spiro atoms. The molecule has 2 aromatic rings. The van der Waals surface area contributed by atoms with Crippen LogP contribution in [0.15, 0.2) is 30.5 Å². The van der Waals surface area contributed by atoms with E-state index in [1.54, 1.807) is 12.3 Å². The van der Waals surface area contributed by atoms with Crippen LogP contribution in [0.25, 0.3) is 0 Å². The smallest absolute Gasteiger partial charge is 0.224 e. The quantitative estimate of drug-likeness (QED) is 0.874. The molecule has 0 atom stereocenters. The number of ether oxygens (including phenoxy) is 2. The molecule has 0 fully saturated rings. The lowest BCUT2D eigenvalue weighted by Crippen LogP contribution is -2.15. The van der Waals surface area contributed by atoms with E-state index in [2.05, 4.69) is 15.3 Å². The van der Waals surface area contributed by atoms with Gasteiger partial charge in [0, 0.05) is 12.7 Å². The first-order valence-electron chi connectivity index (χ1n) is 5.92. The van der Waals surface area contributed by atoms with E-state index in [1.807, 2.05) is 18.2 Å². The molecule has 0 amide bonds. The van der Waals surface area contributed by atoms with Crippen LogP contribution < -0.4 is 14.8 Å². The Morgan fingerprint density at radius 2 is 2.00 bits per heavy atom. The summed E-state index contributed by atoms with van der Waals surface area (Å²) in [5.74, 6) is 2.27. The van der Waals surface area contributed by atoms with Crippen LogP contribution in [-0.4, -0.2) is 23.2 Å². The number of halogens is 1. The number of anilines is 1. The fourth-order valence-corrected chi connectivity index (χ4v) is 1.97. The number of hydrogen-bond acceptors (Lipinski definition) is 5. The summed E-state index contributed by atoms with van der Waals surface area (Å²) in [6, 6.07) is 7.63. The highest BCUT2D eigenvalue weighted by Gasteiger charge is 2.11. The van der Waals surface area contributed by atoms with Crippen molar-refractivity contribution in [1.82, 2.24) is 9.97 Å². The molecule has 0 bridgehead atoms. The molecule has 0 unspecified atom stereocenters. The van der Waals surface area contributed by atoms with Crippen LogP contribution >= 0.6 is 11.6 Å². The van der Waals surface area contributed by atoms with E-state index in [0.717, 1.165) is 17.1 Å². The van der Waals surface area contributed by atoms with Gasteiger partial charge < -0.3 is 14.8 Å². The Kier molecular flexibility index (Phi) is 3.37. The molecule has 98 valence electrons. The maximum atomic E-state index is 5.72. The Bertz CT molecular complexity index is 592. The van der Waals surface area contributed by atoms with Crippen molar-refractivity contribution in [2.45, 2.75) is 6.54 Å². The Labute approximate surface area is 115 Å². The number of benzene rings is 1. The van der Waals surface area contributed by atoms with Crippen LogP contribution in [-0.2, 0) is 6.54 Å². The summed E-state index contributed by atoms with van der Waals surface area (Å²) in [6.07, 6.45) is 1.61. The normalized spacial score (nSPS) is 13.1. The number of aromatic nitrogens is 2. The molecule has 3 rings (SSSR count). The lowest BCUT2D eigenvalue weighted by atomic mass is 10.2. The van der Waals surface area contributed by atoms with Gasteiger partial charge in [-0.2, -0.15) is 0 Å². The van der Waals surface area contributed by atoms with Gasteiger partial charge >= 0.3 is 0 Å². The molecule has 1 aliphatic heterocycles. The second kappa shape index (κ2) is 5.32. The van der Waals surface area contributed by atoms with Crippen LogP contribution in [0.2, 0.25) is 5.28 Å². The third-order valence-electron chi connectivity index (χ3n) is 2.71. The zero-order valence-electron chi connectivity index (χ0n) is 10.1. The van der Waals surface area contributed by atoms with Crippen molar-refractivity contribution >= 4 is 17.4 Å². The van der Waals surface area contributed by atoms with Crippen LogP contribution in [0.3, 0.4) is 0 Å². The molecule has 1 N–H and O–H groups in total. The van der Waals surface area contributed by atoms with Gasteiger partial charge in [-0.3, -0.25) is 0 Å². The molecule has 1 aromatic carbocycles. The van der Waals surface area contributed by atoms with Crippen molar-refractivity contribution in [1.29, 1.82) is 0 Å². The number of hydrogen-bond donors (Lipinski definition) is 1. The summed E-state index contributed by atoms with van der Waals surface area (Å²) in [5, 5.41) is 3.41. The summed E-state index contributed by atoms with van der Waals surface area (Å²) in [7, 11) is 0. The van der Waals surface area contributed by atoms with Crippen molar-refractivity contribution in [2.24, 2.45) is 0 Å². The monoisotopic (exact) mass is 277 g/mol. The SMILES string of the molecule is Clc1nccc(NCc2ccc3c(c2)OCCO3)n1. The van der Waals surface area contributed by atoms with Crippen molar-refractivity contribution in [3.63, 3.8) is 0 Å². The third-order valence-corrected chi connectivity index (χ3v) is 2.89. The molecular formula is C13H12ClN3O2. The minimum absolute atomic E-state index is 0.229.